The molecule has 0 bridgehead atoms. The van der Waals surface area contributed by atoms with Crippen molar-refractivity contribution in [2.24, 2.45) is 0 Å². The van der Waals surface area contributed by atoms with Crippen molar-refractivity contribution in [1.82, 2.24) is 9.55 Å². The van der Waals surface area contributed by atoms with Gasteiger partial charge in [0, 0.05) is 0 Å². The third kappa shape index (κ3) is 4.04. The van der Waals surface area contributed by atoms with Crippen molar-refractivity contribution in [1.29, 1.82) is 0 Å². The van der Waals surface area contributed by atoms with Gasteiger partial charge in [-0.3, -0.25) is 14.2 Å². The molecule has 3 aromatic rings. The Morgan fingerprint density at radius 2 is 2.07 bits per heavy atom. The van der Waals surface area contributed by atoms with Crippen LogP contribution in [0.25, 0.3) is 10.2 Å². The van der Waals surface area contributed by atoms with Gasteiger partial charge in [-0.2, -0.15) is 0 Å². The second kappa shape index (κ2) is 8.36. The minimum absolute atomic E-state index is 0.201. The first-order chi connectivity index (χ1) is 13.0. The van der Waals surface area contributed by atoms with Gasteiger partial charge >= 0.3 is 5.97 Å². The van der Waals surface area contributed by atoms with Crippen LogP contribution < -0.4 is 10.9 Å². The Morgan fingerprint density at radius 1 is 1.30 bits per heavy atom. The van der Waals surface area contributed by atoms with Gasteiger partial charge in [-0.05, 0) is 36.8 Å². The Kier molecular flexibility index (Phi) is 5.92. The van der Waals surface area contributed by atoms with E-state index in [4.69, 9.17) is 4.74 Å². The lowest BCUT2D eigenvalue weighted by Gasteiger charge is -2.13. The molecule has 1 N–H and O–H groups in total. The summed E-state index contributed by atoms with van der Waals surface area (Å²) in [6.45, 7) is 1.75. The van der Waals surface area contributed by atoms with Crippen LogP contribution in [0.3, 0.4) is 0 Å². The molecular weight excluding hydrogens is 386 g/mol. The summed E-state index contributed by atoms with van der Waals surface area (Å²) in [5.41, 5.74) is 0.966. The molecular formula is C18H17N3O4S2. The molecule has 140 valence electrons. The molecule has 0 fully saturated rings. The van der Waals surface area contributed by atoms with E-state index in [0.717, 1.165) is 0 Å². The SMILES string of the molecule is CCOC(=O)c1ccccc1NC(=O)Cn1c(SC)nc2ccsc2c1=O. The van der Waals surface area contributed by atoms with Gasteiger partial charge in [0.25, 0.3) is 5.56 Å². The molecule has 0 aliphatic carbocycles. The Morgan fingerprint density at radius 3 is 2.81 bits per heavy atom. The number of anilines is 1. The van der Waals surface area contributed by atoms with Gasteiger partial charge in [-0.15, -0.1) is 11.3 Å². The molecule has 0 aliphatic heterocycles. The van der Waals surface area contributed by atoms with Gasteiger partial charge in [0.05, 0.1) is 23.4 Å². The molecule has 0 radical (unpaired) electrons. The maximum absolute atomic E-state index is 12.7. The highest BCUT2D eigenvalue weighted by Gasteiger charge is 2.17. The zero-order chi connectivity index (χ0) is 19.4. The lowest BCUT2D eigenvalue weighted by Crippen LogP contribution is -2.29. The number of rotatable bonds is 6. The van der Waals surface area contributed by atoms with E-state index in [9.17, 15) is 14.4 Å². The predicted molar refractivity (Wildman–Crippen MR) is 107 cm³/mol. The summed E-state index contributed by atoms with van der Waals surface area (Å²) in [4.78, 5) is 41.7. The van der Waals surface area contributed by atoms with Gasteiger partial charge in [0.15, 0.2) is 5.16 Å². The van der Waals surface area contributed by atoms with Crippen molar-refractivity contribution >= 4 is 50.9 Å². The van der Waals surface area contributed by atoms with E-state index in [1.807, 2.05) is 0 Å². The molecule has 0 atom stereocenters. The number of ether oxygens (including phenoxy) is 1. The van der Waals surface area contributed by atoms with Crippen LogP contribution in [0.15, 0.2) is 45.7 Å². The van der Waals surface area contributed by atoms with Gasteiger partial charge < -0.3 is 10.1 Å². The molecule has 0 saturated carbocycles. The minimum atomic E-state index is -0.517. The van der Waals surface area contributed by atoms with Crippen LogP contribution in [0.1, 0.15) is 17.3 Å². The summed E-state index contributed by atoms with van der Waals surface area (Å²) in [6, 6.07) is 8.36. The Bertz CT molecular complexity index is 1060. The number of para-hydroxylation sites is 1. The van der Waals surface area contributed by atoms with Crippen molar-refractivity contribution in [3.05, 3.63) is 51.6 Å². The fourth-order valence-corrected chi connectivity index (χ4v) is 3.87. The van der Waals surface area contributed by atoms with E-state index in [-0.39, 0.29) is 24.3 Å². The number of carbonyl (C=O) groups is 2. The third-order valence-corrected chi connectivity index (χ3v) is 5.28. The average Bonchev–Trinajstić information content (AvgIpc) is 3.13. The molecule has 0 saturated heterocycles. The first-order valence-electron chi connectivity index (χ1n) is 8.13. The summed E-state index contributed by atoms with van der Waals surface area (Å²) in [6.07, 6.45) is 1.80. The van der Waals surface area contributed by atoms with E-state index >= 15 is 0 Å². The van der Waals surface area contributed by atoms with Crippen LogP contribution >= 0.6 is 23.1 Å². The molecule has 2 aromatic heterocycles. The zero-order valence-electron chi connectivity index (χ0n) is 14.7. The van der Waals surface area contributed by atoms with Crippen LogP contribution in [0.4, 0.5) is 5.69 Å². The fourth-order valence-electron chi connectivity index (χ4n) is 2.53. The van der Waals surface area contributed by atoms with E-state index in [1.165, 1.54) is 27.7 Å². The quantitative estimate of drug-likeness (QED) is 0.387. The van der Waals surface area contributed by atoms with Crippen molar-refractivity contribution in [3.8, 4) is 0 Å². The number of nitrogens with zero attached hydrogens (tertiary/aromatic N) is 2. The van der Waals surface area contributed by atoms with E-state index < -0.39 is 11.9 Å². The normalized spacial score (nSPS) is 10.7. The molecule has 0 aliphatic rings. The maximum Gasteiger partial charge on any atom is 0.340 e. The van der Waals surface area contributed by atoms with Crippen LogP contribution in [-0.2, 0) is 16.1 Å². The monoisotopic (exact) mass is 403 g/mol. The second-order valence-corrected chi connectivity index (χ2v) is 7.13. The number of benzene rings is 1. The van der Waals surface area contributed by atoms with Crippen LogP contribution in [0, 0.1) is 0 Å². The average molecular weight is 403 g/mol. The molecule has 9 heteroatoms. The van der Waals surface area contributed by atoms with E-state index in [1.54, 1.807) is 48.9 Å². The molecule has 7 nitrogen and oxygen atoms in total. The number of amides is 1. The van der Waals surface area contributed by atoms with Gasteiger partial charge in [0.2, 0.25) is 5.91 Å². The first-order valence-corrected chi connectivity index (χ1v) is 10.2. The standard InChI is InChI=1S/C18H17N3O4S2/c1-3-25-17(24)11-6-4-5-7-12(11)19-14(22)10-21-16(23)15-13(8-9-27-15)20-18(21)26-2/h4-9H,3,10H2,1-2H3,(H,19,22). The molecule has 27 heavy (non-hydrogen) atoms. The topological polar surface area (TPSA) is 90.3 Å². The smallest absolute Gasteiger partial charge is 0.340 e. The van der Waals surface area contributed by atoms with Crippen LogP contribution in [0.2, 0.25) is 0 Å². The molecule has 0 spiro atoms. The summed E-state index contributed by atoms with van der Waals surface area (Å²) >= 11 is 2.59. The summed E-state index contributed by atoms with van der Waals surface area (Å²) < 4.78 is 6.85. The summed E-state index contributed by atoms with van der Waals surface area (Å²) in [5, 5.41) is 4.94. The predicted octanol–water partition coefficient (Wildman–Crippen LogP) is 3.00. The van der Waals surface area contributed by atoms with E-state index in [0.29, 0.717) is 21.1 Å². The first kappa shape index (κ1) is 19.1. The molecule has 1 aromatic carbocycles. The molecule has 2 heterocycles. The molecule has 3 rings (SSSR count). The highest BCUT2D eigenvalue weighted by molar-refractivity contribution is 7.98. The Labute approximate surface area is 163 Å². The number of fused-ring (bicyclic) bond motifs is 1. The largest absolute Gasteiger partial charge is 0.462 e. The van der Waals surface area contributed by atoms with Crippen molar-refractivity contribution in [3.63, 3.8) is 0 Å². The molecule has 0 unspecified atom stereocenters. The number of thioether (sulfide) groups is 1. The van der Waals surface area contributed by atoms with Crippen molar-refractivity contribution in [2.75, 3.05) is 18.2 Å². The lowest BCUT2D eigenvalue weighted by molar-refractivity contribution is -0.116. The van der Waals surface area contributed by atoms with Gasteiger partial charge in [-0.1, -0.05) is 23.9 Å². The number of hydrogen-bond donors (Lipinski definition) is 1. The number of carbonyl (C=O) groups excluding carboxylic acids is 2. The zero-order valence-corrected chi connectivity index (χ0v) is 16.4. The highest BCUT2D eigenvalue weighted by atomic mass is 32.2. The molecule has 1 amide bonds. The number of thiophene rings is 1. The number of hydrogen-bond acceptors (Lipinski definition) is 7. The van der Waals surface area contributed by atoms with Crippen LogP contribution in [0.5, 0.6) is 0 Å². The maximum atomic E-state index is 12.7. The summed E-state index contributed by atoms with van der Waals surface area (Å²) in [7, 11) is 0. The fraction of sp³-hybridized carbons (Fsp3) is 0.222. The summed E-state index contributed by atoms with van der Waals surface area (Å²) in [5.74, 6) is -0.945. The van der Waals surface area contributed by atoms with Crippen LogP contribution in [-0.4, -0.2) is 34.3 Å². The number of esters is 1. The third-order valence-electron chi connectivity index (χ3n) is 3.71. The van der Waals surface area contributed by atoms with Crippen molar-refractivity contribution < 1.29 is 14.3 Å². The second-order valence-electron chi connectivity index (χ2n) is 5.44. The number of aromatic nitrogens is 2. The lowest BCUT2D eigenvalue weighted by atomic mass is 10.2. The highest BCUT2D eigenvalue weighted by Crippen LogP contribution is 2.20. The van der Waals surface area contributed by atoms with Gasteiger partial charge in [-0.25, -0.2) is 9.78 Å². The Balaban J connectivity index is 1.87. The minimum Gasteiger partial charge on any atom is -0.462 e. The number of nitrogens with one attached hydrogen (secondary N) is 1. The van der Waals surface area contributed by atoms with E-state index in [2.05, 4.69) is 10.3 Å². The Hall–Kier alpha value is -2.65. The van der Waals surface area contributed by atoms with Crippen molar-refractivity contribution in [2.45, 2.75) is 18.6 Å². The van der Waals surface area contributed by atoms with Gasteiger partial charge in [0.1, 0.15) is 11.2 Å².